The molecule has 3 aromatic rings. The molecule has 0 aliphatic carbocycles. The van der Waals surface area contributed by atoms with Gasteiger partial charge in [-0.1, -0.05) is 25.1 Å². The van der Waals surface area contributed by atoms with Crippen LogP contribution in [0.2, 0.25) is 0 Å². The van der Waals surface area contributed by atoms with Gasteiger partial charge in [-0.05, 0) is 30.7 Å². The van der Waals surface area contributed by atoms with E-state index < -0.39 is 0 Å². The van der Waals surface area contributed by atoms with Crippen molar-refractivity contribution in [3.63, 3.8) is 0 Å². The van der Waals surface area contributed by atoms with Gasteiger partial charge >= 0.3 is 0 Å². The maximum absolute atomic E-state index is 12.3. The SMILES string of the molecule is CCc1ccc(C(=O)c2cc3cccc(C)c3o2)o1. The quantitative estimate of drug-likeness (QED) is 0.660. The second-order valence-corrected chi connectivity index (χ2v) is 4.55. The molecule has 2 aromatic heterocycles. The summed E-state index contributed by atoms with van der Waals surface area (Å²) in [7, 11) is 0. The predicted octanol–water partition coefficient (Wildman–Crippen LogP) is 4.13. The van der Waals surface area contributed by atoms with Crippen LogP contribution in [-0.2, 0) is 6.42 Å². The number of hydrogen-bond acceptors (Lipinski definition) is 3. The molecular weight excluding hydrogens is 240 g/mol. The van der Waals surface area contributed by atoms with Crippen molar-refractivity contribution < 1.29 is 13.6 Å². The molecule has 0 saturated carbocycles. The summed E-state index contributed by atoms with van der Waals surface area (Å²) in [5, 5.41) is 0.936. The lowest BCUT2D eigenvalue weighted by Gasteiger charge is -1.93. The van der Waals surface area contributed by atoms with E-state index in [0.29, 0.717) is 11.5 Å². The summed E-state index contributed by atoms with van der Waals surface area (Å²) >= 11 is 0. The molecule has 0 fully saturated rings. The highest BCUT2D eigenvalue weighted by molar-refractivity contribution is 6.07. The molecule has 1 aromatic carbocycles. The summed E-state index contributed by atoms with van der Waals surface area (Å²) in [4.78, 5) is 12.3. The number of aryl methyl sites for hydroxylation is 2. The minimum absolute atomic E-state index is 0.213. The third-order valence-corrected chi connectivity index (χ3v) is 3.20. The summed E-state index contributed by atoms with van der Waals surface area (Å²) < 4.78 is 11.1. The van der Waals surface area contributed by atoms with Crippen molar-refractivity contribution in [2.45, 2.75) is 20.3 Å². The minimum Gasteiger partial charge on any atom is -0.457 e. The van der Waals surface area contributed by atoms with Crippen LogP contribution in [0.3, 0.4) is 0 Å². The Balaban J connectivity index is 2.04. The molecule has 0 spiro atoms. The van der Waals surface area contributed by atoms with E-state index in [1.165, 1.54) is 0 Å². The summed E-state index contributed by atoms with van der Waals surface area (Å²) in [6.45, 7) is 3.94. The monoisotopic (exact) mass is 254 g/mol. The third kappa shape index (κ3) is 1.97. The van der Waals surface area contributed by atoms with Gasteiger partial charge in [0.05, 0.1) is 0 Å². The van der Waals surface area contributed by atoms with Crippen LogP contribution >= 0.6 is 0 Å². The summed E-state index contributed by atoms with van der Waals surface area (Å²) in [5.41, 5.74) is 1.78. The fourth-order valence-electron chi connectivity index (χ4n) is 2.13. The Hall–Kier alpha value is -2.29. The lowest BCUT2D eigenvalue weighted by molar-refractivity contribution is 0.0983. The van der Waals surface area contributed by atoms with Crippen LogP contribution in [0.1, 0.15) is 34.6 Å². The van der Waals surface area contributed by atoms with Gasteiger partial charge in [0.1, 0.15) is 11.3 Å². The van der Waals surface area contributed by atoms with Gasteiger partial charge in [-0.3, -0.25) is 4.79 Å². The molecule has 0 aliphatic heterocycles. The van der Waals surface area contributed by atoms with Gasteiger partial charge in [0.15, 0.2) is 11.5 Å². The van der Waals surface area contributed by atoms with Gasteiger partial charge in [0.2, 0.25) is 0 Å². The number of para-hydroxylation sites is 1. The van der Waals surface area contributed by atoms with Crippen LogP contribution in [0.4, 0.5) is 0 Å². The van der Waals surface area contributed by atoms with E-state index >= 15 is 0 Å². The van der Waals surface area contributed by atoms with Crippen LogP contribution in [0.25, 0.3) is 11.0 Å². The highest BCUT2D eigenvalue weighted by Crippen LogP contribution is 2.24. The smallest absolute Gasteiger partial charge is 0.263 e. The molecule has 0 N–H and O–H groups in total. The van der Waals surface area contributed by atoms with Crippen molar-refractivity contribution in [2.75, 3.05) is 0 Å². The Morgan fingerprint density at radius 3 is 2.63 bits per heavy atom. The fourth-order valence-corrected chi connectivity index (χ4v) is 2.13. The Morgan fingerprint density at radius 2 is 1.95 bits per heavy atom. The first kappa shape index (κ1) is 11.8. The normalized spacial score (nSPS) is 11.1. The lowest BCUT2D eigenvalue weighted by Crippen LogP contribution is -1.96. The molecule has 0 atom stereocenters. The molecular formula is C16H14O3. The molecule has 19 heavy (non-hydrogen) atoms. The Bertz CT molecular complexity index is 746. The van der Waals surface area contributed by atoms with Crippen LogP contribution < -0.4 is 0 Å². The molecule has 2 heterocycles. The number of carbonyl (C=O) groups excluding carboxylic acids is 1. The summed E-state index contributed by atoms with van der Waals surface area (Å²) in [6.07, 6.45) is 0.770. The largest absolute Gasteiger partial charge is 0.457 e. The van der Waals surface area contributed by atoms with Crippen molar-refractivity contribution >= 4 is 16.8 Å². The Kier molecular flexibility index (Phi) is 2.75. The lowest BCUT2D eigenvalue weighted by atomic mass is 10.1. The molecule has 0 amide bonds. The molecule has 3 nitrogen and oxygen atoms in total. The predicted molar refractivity (Wildman–Crippen MR) is 72.5 cm³/mol. The molecule has 0 unspecified atom stereocenters. The van der Waals surface area contributed by atoms with Crippen molar-refractivity contribution in [1.82, 2.24) is 0 Å². The third-order valence-electron chi connectivity index (χ3n) is 3.20. The van der Waals surface area contributed by atoms with E-state index in [1.54, 1.807) is 12.1 Å². The van der Waals surface area contributed by atoms with Crippen LogP contribution in [0.5, 0.6) is 0 Å². The molecule has 3 rings (SSSR count). The highest BCUT2D eigenvalue weighted by atomic mass is 16.4. The van der Waals surface area contributed by atoms with Crippen molar-refractivity contribution in [3.05, 3.63) is 59.2 Å². The van der Waals surface area contributed by atoms with Crippen molar-refractivity contribution in [3.8, 4) is 0 Å². The highest BCUT2D eigenvalue weighted by Gasteiger charge is 2.18. The van der Waals surface area contributed by atoms with Crippen LogP contribution in [0, 0.1) is 6.92 Å². The van der Waals surface area contributed by atoms with Gasteiger partial charge in [0, 0.05) is 11.8 Å². The number of rotatable bonds is 3. The number of hydrogen-bond donors (Lipinski definition) is 0. The Morgan fingerprint density at radius 1 is 1.11 bits per heavy atom. The maximum Gasteiger partial charge on any atom is 0.263 e. The molecule has 3 heteroatoms. The molecule has 0 bridgehead atoms. The van der Waals surface area contributed by atoms with Gasteiger partial charge in [0.25, 0.3) is 5.78 Å². The van der Waals surface area contributed by atoms with E-state index in [0.717, 1.165) is 28.7 Å². The Labute approximate surface area is 110 Å². The molecule has 0 saturated heterocycles. The fraction of sp³-hybridized carbons (Fsp3) is 0.188. The van der Waals surface area contributed by atoms with E-state index in [2.05, 4.69) is 0 Å². The molecule has 0 aliphatic rings. The van der Waals surface area contributed by atoms with Crippen molar-refractivity contribution in [1.29, 1.82) is 0 Å². The van der Waals surface area contributed by atoms with Gasteiger partial charge < -0.3 is 8.83 Å². The second kappa shape index (κ2) is 4.43. The average Bonchev–Trinajstić information content (AvgIpc) is 3.05. The number of furan rings is 2. The molecule has 0 radical (unpaired) electrons. The van der Waals surface area contributed by atoms with E-state index in [4.69, 9.17) is 8.83 Å². The van der Waals surface area contributed by atoms with E-state index in [9.17, 15) is 4.79 Å². The first-order chi connectivity index (χ1) is 9.19. The number of ketones is 1. The second-order valence-electron chi connectivity index (χ2n) is 4.55. The first-order valence-electron chi connectivity index (χ1n) is 6.31. The zero-order valence-electron chi connectivity index (χ0n) is 10.9. The zero-order chi connectivity index (χ0) is 13.4. The summed E-state index contributed by atoms with van der Waals surface area (Å²) in [5.74, 6) is 1.24. The van der Waals surface area contributed by atoms with Crippen LogP contribution in [-0.4, -0.2) is 5.78 Å². The average molecular weight is 254 g/mol. The topological polar surface area (TPSA) is 43.4 Å². The minimum atomic E-state index is -0.213. The van der Waals surface area contributed by atoms with Gasteiger partial charge in [-0.2, -0.15) is 0 Å². The summed E-state index contributed by atoms with van der Waals surface area (Å²) in [6, 6.07) is 11.1. The number of fused-ring (bicyclic) bond motifs is 1. The molecule has 96 valence electrons. The van der Waals surface area contributed by atoms with Gasteiger partial charge in [-0.25, -0.2) is 0 Å². The standard InChI is InChI=1S/C16H14O3/c1-3-12-7-8-13(18-12)15(17)14-9-11-6-4-5-10(2)16(11)19-14/h4-9H,3H2,1-2H3. The zero-order valence-corrected chi connectivity index (χ0v) is 10.9. The van der Waals surface area contributed by atoms with Crippen molar-refractivity contribution in [2.24, 2.45) is 0 Å². The van der Waals surface area contributed by atoms with Gasteiger partial charge in [-0.15, -0.1) is 0 Å². The van der Waals surface area contributed by atoms with Crippen LogP contribution in [0.15, 0.2) is 45.2 Å². The van der Waals surface area contributed by atoms with E-state index in [-0.39, 0.29) is 5.78 Å². The maximum atomic E-state index is 12.3. The number of carbonyl (C=O) groups is 1. The van der Waals surface area contributed by atoms with E-state index in [1.807, 2.05) is 38.1 Å². The number of benzene rings is 1. The first-order valence-corrected chi connectivity index (χ1v) is 6.31.